The molecule has 0 aliphatic heterocycles. The molecular weight excluding hydrogens is 315 g/mol. The third kappa shape index (κ3) is 3.90. The second-order valence-electron chi connectivity index (χ2n) is 5.05. The van der Waals surface area contributed by atoms with Gasteiger partial charge in [-0.1, -0.05) is 11.6 Å². The van der Waals surface area contributed by atoms with Gasteiger partial charge in [0.25, 0.3) is 0 Å². The molecule has 126 valence electrons. The summed E-state index contributed by atoms with van der Waals surface area (Å²) in [6.45, 7) is 1.29. The lowest BCUT2D eigenvalue weighted by molar-refractivity contribution is 0.0470. The number of hydrogen-bond acceptors (Lipinski definition) is 5. The Morgan fingerprint density at radius 2 is 1.58 bits per heavy atom. The van der Waals surface area contributed by atoms with Crippen LogP contribution in [0.15, 0.2) is 36.4 Å². The molecule has 0 aliphatic rings. The maximum absolute atomic E-state index is 13.3. The smallest absolute Gasteiger partial charge is 0.342 e. The van der Waals surface area contributed by atoms with E-state index in [0.717, 1.165) is 11.6 Å². The number of ether oxygens (including phenoxy) is 3. The van der Waals surface area contributed by atoms with Crippen LogP contribution in [-0.4, -0.2) is 32.6 Å². The van der Waals surface area contributed by atoms with Gasteiger partial charge in [0.2, 0.25) is 5.78 Å². The Labute approximate surface area is 139 Å². The van der Waals surface area contributed by atoms with Crippen LogP contribution < -0.4 is 9.47 Å². The van der Waals surface area contributed by atoms with E-state index in [4.69, 9.17) is 14.2 Å². The van der Waals surface area contributed by atoms with Crippen molar-refractivity contribution in [3.8, 4) is 11.5 Å². The molecule has 0 aliphatic carbocycles. The van der Waals surface area contributed by atoms with E-state index < -0.39 is 24.2 Å². The summed E-state index contributed by atoms with van der Waals surface area (Å²) in [5.41, 5.74) is 1.08. The minimum atomic E-state index is -0.695. The zero-order chi connectivity index (χ0) is 17.7. The van der Waals surface area contributed by atoms with Gasteiger partial charge < -0.3 is 14.2 Å². The lowest BCUT2D eigenvalue weighted by atomic mass is 10.1. The zero-order valence-corrected chi connectivity index (χ0v) is 13.6. The van der Waals surface area contributed by atoms with Crippen LogP contribution in [0.25, 0.3) is 0 Å². The van der Waals surface area contributed by atoms with Crippen LogP contribution in [0.2, 0.25) is 0 Å². The van der Waals surface area contributed by atoms with Crippen LogP contribution in [-0.2, 0) is 4.74 Å². The van der Waals surface area contributed by atoms with Gasteiger partial charge in [-0.15, -0.1) is 0 Å². The minimum Gasteiger partial charge on any atom is -0.496 e. The Morgan fingerprint density at radius 1 is 0.958 bits per heavy atom. The van der Waals surface area contributed by atoms with E-state index >= 15 is 0 Å². The number of Topliss-reactive ketones (excluding diaryl/α,β-unsaturated/α-hetero) is 1. The monoisotopic (exact) mass is 332 g/mol. The highest BCUT2D eigenvalue weighted by atomic mass is 19.1. The van der Waals surface area contributed by atoms with Crippen LogP contribution in [0.4, 0.5) is 4.39 Å². The normalized spacial score (nSPS) is 10.2. The number of methoxy groups -OCH3 is 2. The van der Waals surface area contributed by atoms with Crippen LogP contribution in [0.1, 0.15) is 26.3 Å². The van der Waals surface area contributed by atoms with Crippen molar-refractivity contribution < 1.29 is 28.2 Å². The van der Waals surface area contributed by atoms with E-state index in [9.17, 15) is 14.0 Å². The molecule has 0 radical (unpaired) electrons. The molecule has 0 fully saturated rings. The highest BCUT2D eigenvalue weighted by Gasteiger charge is 2.18. The molecule has 6 heteroatoms. The van der Waals surface area contributed by atoms with Crippen LogP contribution in [0.5, 0.6) is 11.5 Å². The van der Waals surface area contributed by atoms with E-state index in [0.29, 0.717) is 5.75 Å². The van der Waals surface area contributed by atoms with Crippen molar-refractivity contribution in [2.75, 3.05) is 20.8 Å². The predicted octanol–water partition coefficient (Wildman–Crippen LogP) is 3.19. The minimum absolute atomic E-state index is 0.0153. The molecule has 0 spiro atoms. The first-order valence-corrected chi connectivity index (χ1v) is 7.14. The maximum Gasteiger partial charge on any atom is 0.342 e. The molecule has 2 rings (SSSR count). The fraction of sp³-hybridized carbons (Fsp3) is 0.222. The SMILES string of the molecule is COc1ccc(F)cc1C(=O)COC(=O)c1cc(C)ccc1OC. The van der Waals surface area contributed by atoms with E-state index in [1.165, 1.54) is 26.4 Å². The van der Waals surface area contributed by atoms with Crippen molar-refractivity contribution in [3.63, 3.8) is 0 Å². The van der Waals surface area contributed by atoms with Crippen molar-refractivity contribution >= 4 is 11.8 Å². The summed E-state index contributed by atoms with van der Waals surface area (Å²) in [5.74, 6) is -1.27. The van der Waals surface area contributed by atoms with E-state index in [2.05, 4.69) is 0 Å². The first kappa shape index (κ1) is 17.5. The third-order valence-corrected chi connectivity index (χ3v) is 3.37. The van der Waals surface area contributed by atoms with E-state index in [1.807, 2.05) is 6.92 Å². The Balaban J connectivity index is 2.13. The summed E-state index contributed by atoms with van der Waals surface area (Å²) in [6.07, 6.45) is 0. The van der Waals surface area contributed by atoms with Crippen LogP contribution in [0, 0.1) is 12.7 Å². The average molecular weight is 332 g/mol. The first-order chi connectivity index (χ1) is 11.5. The highest BCUT2D eigenvalue weighted by molar-refractivity contribution is 6.01. The molecule has 24 heavy (non-hydrogen) atoms. The lowest BCUT2D eigenvalue weighted by Gasteiger charge is -2.10. The topological polar surface area (TPSA) is 61.8 Å². The number of halogens is 1. The van der Waals surface area contributed by atoms with Crippen LogP contribution in [0.3, 0.4) is 0 Å². The summed E-state index contributed by atoms with van der Waals surface area (Å²) in [6, 6.07) is 8.60. The van der Waals surface area contributed by atoms with Crippen molar-refractivity contribution in [3.05, 3.63) is 58.9 Å². The predicted molar refractivity (Wildman–Crippen MR) is 85.3 cm³/mol. The summed E-state index contributed by atoms with van der Waals surface area (Å²) >= 11 is 0. The van der Waals surface area contributed by atoms with Crippen molar-refractivity contribution in [2.24, 2.45) is 0 Å². The second-order valence-corrected chi connectivity index (χ2v) is 5.05. The molecule has 0 heterocycles. The van der Waals surface area contributed by atoms with Crippen LogP contribution >= 0.6 is 0 Å². The van der Waals surface area contributed by atoms with Gasteiger partial charge >= 0.3 is 5.97 Å². The number of rotatable bonds is 6. The zero-order valence-electron chi connectivity index (χ0n) is 13.6. The molecular formula is C18H17FO5. The van der Waals surface area contributed by atoms with Gasteiger partial charge in [0.15, 0.2) is 6.61 Å². The van der Waals surface area contributed by atoms with Gasteiger partial charge in [0, 0.05) is 0 Å². The summed E-state index contributed by atoms with van der Waals surface area (Å²) in [5, 5.41) is 0. The Bertz CT molecular complexity index is 704. The number of benzene rings is 2. The van der Waals surface area contributed by atoms with E-state index in [1.54, 1.807) is 18.2 Å². The number of esters is 1. The number of hydrogen-bond donors (Lipinski definition) is 0. The number of ketones is 1. The molecule has 0 atom stereocenters. The second kappa shape index (κ2) is 7.59. The van der Waals surface area contributed by atoms with Crippen molar-refractivity contribution in [1.29, 1.82) is 0 Å². The van der Waals surface area contributed by atoms with Gasteiger partial charge in [0.1, 0.15) is 22.9 Å². The van der Waals surface area contributed by atoms with Crippen molar-refractivity contribution in [2.45, 2.75) is 6.92 Å². The number of carbonyl (C=O) groups excluding carboxylic acids is 2. The largest absolute Gasteiger partial charge is 0.496 e. The van der Waals surface area contributed by atoms with Gasteiger partial charge in [-0.2, -0.15) is 0 Å². The van der Waals surface area contributed by atoms with E-state index in [-0.39, 0.29) is 16.9 Å². The maximum atomic E-state index is 13.3. The molecule has 5 nitrogen and oxygen atoms in total. The average Bonchev–Trinajstić information content (AvgIpc) is 2.59. The molecule has 0 unspecified atom stereocenters. The molecule has 0 saturated heterocycles. The molecule has 0 aromatic heterocycles. The summed E-state index contributed by atoms with van der Waals surface area (Å²) in [4.78, 5) is 24.4. The van der Waals surface area contributed by atoms with Crippen molar-refractivity contribution in [1.82, 2.24) is 0 Å². The first-order valence-electron chi connectivity index (χ1n) is 7.14. The highest BCUT2D eigenvalue weighted by Crippen LogP contribution is 2.22. The Hall–Kier alpha value is -2.89. The Morgan fingerprint density at radius 3 is 2.25 bits per heavy atom. The molecule has 0 saturated carbocycles. The quantitative estimate of drug-likeness (QED) is 0.600. The van der Waals surface area contributed by atoms with Gasteiger partial charge in [0.05, 0.1) is 19.8 Å². The Kier molecular flexibility index (Phi) is 5.52. The fourth-order valence-corrected chi connectivity index (χ4v) is 2.17. The standard InChI is InChI=1S/C18H17FO5/c1-11-4-6-17(23-3)14(8-11)18(21)24-10-15(20)13-9-12(19)5-7-16(13)22-2/h4-9H,10H2,1-3H3. The van der Waals surface area contributed by atoms with Gasteiger partial charge in [-0.25, -0.2) is 9.18 Å². The molecule has 2 aromatic rings. The molecule has 0 bridgehead atoms. The molecule has 0 N–H and O–H groups in total. The summed E-state index contributed by atoms with van der Waals surface area (Å²) < 4.78 is 28.5. The van der Waals surface area contributed by atoms with Gasteiger partial charge in [-0.05, 0) is 37.3 Å². The number of carbonyl (C=O) groups is 2. The molecule has 2 aromatic carbocycles. The lowest BCUT2D eigenvalue weighted by Crippen LogP contribution is -2.16. The third-order valence-electron chi connectivity index (χ3n) is 3.37. The molecule has 0 amide bonds. The summed E-state index contributed by atoms with van der Waals surface area (Å²) in [7, 11) is 2.80. The van der Waals surface area contributed by atoms with Gasteiger partial charge in [-0.3, -0.25) is 4.79 Å². The fourth-order valence-electron chi connectivity index (χ4n) is 2.17. The number of aryl methyl sites for hydroxylation is 1.